The molecule has 15 heavy (non-hydrogen) atoms. The number of amides is 1. The van der Waals surface area contributed by atoms with E-state index in [0.29, 0.717) is 0 Å². The van der Waals surface area contributed by atoms with Crippen LogP contribution in [0.5, 0.6) is 0 Å². The second-order valence-electron chi connectivity index (χ2n) is 3.91. The van der Waals surface area contributed by atoms with Gasteiger partial charge in [-0.2, -0.15) is 0 Å². The van der Waals surface area contributed by atoms with E-state index in [1.54, 1.807) is 20.8 Å². The number of carboxylic acid groups (broad SMARTS) is 1. The van der Waals surface area contributed by atoms with Crippen LogP contribution in [-0.2, 0) is 14.3 Å². The van der Waals surface area contributed by atoms with E-state index in [2.05, 4.69) is 10.1 Å². The van der Waals surface area contributed by atoms with Gasteiger partial charge in [-0.05, 0) is 20.8 Å². The van der Waals surface area contributed by atoms with Crippen molar-refractivity contribution >= 4 is 12.1 Å². The average Bonchev–Trinajstić information content (AvgIpc) is 2.08. The van der Waals surface area contributed by atoms with Crippen LogP contribution < -0.4 is 5.32 Å². The van der Waals surface area contributed by atoms with Gasteiger partial charge in [-0.25, -0.2) is 9.59 Å². The van der Waals surface area contributed by atoms with E-state index in [9.17, 15) is 9.59 Å². The third-order valence-corrected chi connectivity index (χ3v) is 1.27. The fourth-order valence-electron chi connectivity index (χ4n) is 0.742. The maximum Gasteiger partial charge on any atom is 0.408 e. The van der Waals surface area contributed by atoms with Gasteiger partial charge in [-0.3, -0.25) is 0 Å². The molecule has 0 unspecified atom stereocenters. The Labute approximate surface area is 90.0 Å². The normalized spacial score (nSPS) is 13.9. The standard InChI is InChI=1S/C9H17NO5/c1-9(2,3)15-8(13)10-6(5-14-4)7(11)12/h6H,5H2,1-4H3,(H,10,13)(H,11,12)/t6-/m0/s1/i4D. The molecule has 1 atom stereocenters. The van der Waals surface area contributed by atoms with Crippen LogP contribution in [0.25, 0.3) is 0 Å². The van der Waals surface area contributed by atoms with Crippen molar-refractivity contribution in [2.45, 2.75) is 32.4 Å². The van der Waals surface area contributed by atoms with Crippen molar-refractivity contribution in [3.8, 4) is 0 Å². The lowest BCUT2D eigenvalue weighted by Gasteiger charge is -2.21. The van der Waals surface area contributed by atoms with Crippen molar-refractivity contribution in [2.24, 2.45) is 0 Å². The molecule has 0 spiro atoms. The second-order valence-corrected chi connectivity index (χ2v) is 3.91. The molecule has 0 fully saturated rings. The van der Waals surface area contributed by atoms with E-state index < -0.39 is 23.7 Å². The molecule has 0 aliphatic carbocycles. The zero-order valence-electron chi connectivity index (χ0n) is 10.1. The van der Waals surface area contributed by atoms with Crippen molar-refractivity contribution in [3.05, 3.63) is 0 Å². The third-order valence-electron chi connectivity index (χ3n) is 1.27. The van der Waals surface area contributed by atoms with Gasteiger partial charge in [-0.1, -0.05) is 0 Å². The number of hydrogen-bond acceptors (Lipinski definition) is 4. The van der Waals surface area contributed by atoms with E-state index in [1.165, 1.54) is 0 Å². The number of hydrogen-bond donors (Lipinski definition) is 2. The maximum absolute atomic E-state index is 11.2. The van der Waals surface area contributed by atoms with Crippen molar-refractivity contribution in [1.29, 1.82) is 0 Å². The van der Waals surface area contributed by atoms with Crippen LogP contribution in [0.4, 0.5) is 4.79 Å². The first kappa shape index (κ1) is 11.8. The largest absolute Gasteiger partial charge is 0.480 e. The Morgan fingerprint density at radius 3 is 2.53 bits per heavy atom. The molecular formula is C9H17NO5. The van der Waals surface area contributed by atoms with Crippen molar-refractivity contribution in [2.75, 3.05) is 13.7 Å². The molecule has 6 nitrogen and oxygen atoms in total. The number of rotatable bonds is 4. The van der Waals surface area contributed by atoms with Crippen LogP contribution in [0.15, 0.2) is 0 Å². The summed E-state index contributed by atoms with van der Waals surface area (Å²) in [5, 5.41) is 10.9. The SMILES string of the molecule is [2H]COC[C@H](NC(=O)OC(C)(C)C)C(=O)O. The molecule has 0 rings (SSSR count). The zero-order valence-corrected chi connectivity index (χ0v) is 9.07. The van der Waals surface area contributed by atoms with Gasteiger partial charge in [0.1, 0.15) is 5.60 Å². The topological polar surface area (TPSA) is 84.9 Å². The highest BCUT2D eigenvalue weighted by Crippen LogP contribution is 2.06. The highest BCUT2D eigenvalue weighted by atomic mass is 16.6. The number of methoxy groups -OCH3 is 1. The summed E-state index contributed by atoms with van der Waals surface area (Å²) >= 11 is 0. The maximum atomic E-state index is 11.2. The summed E-state index contributed by atoms with van der Waals surface area (Å²) in [7, 11) is -0.361. The predicted octanol–water partition coefficient (Wildman–Crippen LogP) is 0.611. The number of carboxylic acids is 1. The minimum atomic E-state index is -1.24. The fraction of sp³-hybridized carbons (Fsp3) is 0.778. The van der Waals surface area contributed by atoms with Crippen LogP contribution in [0.2, 0.25) is 0 Å². The first-order chi connectivity index (χ1) is 7.26. The van der Waals surface area contributed by atoms with E-state index in [0.717, 1.165) is 0 Å². The molecule has 0 radical (unpaired) electrons. The molecule has 88 valence electrons. The summed E-state index contributed by atoms with van der Waals surface area (Å²) in [5.74, 6) is -1.24. The Kier molecular flexibility index (Phi) is 4.36. The Bertz CT molecular complexity index is 251. The summed E-state index contributed by atoms with van der Waals surface area (Å²) < 4.78 is 16.2. The number of nitrogens with one attached hydrogen (secondary N) is 1. The molecule has 0 aromatic heterocycles. The summed E-state index contributed by atoms with van der Waals surface area (Å²) in [4.78, 5) is 21.9. The van der Waals surface area contributed by atoms with Gasteiger partial charge in [0.15, 0.2) is 6.04 Å². The minimum Gasteiger partial charge on any atom is -0.480 e. The lowest BCUT2D eigenvalue weighted by atomic mass is 10.2. The van der Waals surface area contributed by atoms with Crippen molar-refractivity contribution in [1.82, 2.24) is 5.32 Å². The van der Waals surface area contributed by atoms with E-state index >= 15 is 0 Å². The number of ether oxygens (including phenoxy) is 2. The highest BCUT2D eigenvalue weighted by molar-refractivity contribution is 5.80. The van der Waals surface area contributed by atoms with Crippen molar-refractivity contribution < 1.29 is 25.5 Å². The highest BCUT2D eigenvalue weighted by Gasteiger charge is 2.23. The smallest absolute Gasteiger partial charge is 0.408 e. The molecule has 0 heterocycles. The number of carbonyl (C=O) groups excluding carboxylic acids is 1. The molecule has 2 N–H and O–H groups in total. The average molecular weight is 220 g/mol. The zero-order chi connectivity index (χ0) is 12.8. The summed E-state index contributed by atoms with van der Waals surface area (Å²) in [6, 6.07) is -1.21. The van der Waals surface area contributed by atoms with Crippen LogP contribution >= 0.6 is 0 Å². The van der Waals surface area contributed by atoms with Crippen LogP contribution in [0.1, 0.15) is 22.1 Å². The molecule has 0 aliphatic rings. The second kappa shape index (κ2) is 5.55. The summed E-state index contributed by atoms with van der Waals surface area (Å²) in [5.41, 5.74) is -0.691. The summed E-state index contributed by atoms with van der Waals surface area (Å²) in [6.45, 7) is 4.74. The van der Waals surface area contributed by atoms with Gasteiger partial charge < -0.3 is 19.9 Å². The lowest BCUT2D eigenvalue weighted by molar-refractivity contribution is -0.140. The fourth-order valence-corrected chi connectivity index (χ4v) is 0.742. The van der Waals surface area contributed by atoms with E-state index in [1.807, 2.05) is 0 Å². The third kappa shape index (κ3) is 6.73. The minimum absolute atomic E-state index is 0.266. The van der Waals surface area contributed by atoms with Gasteiger partial charge in [0, 0.05) is 7.09 Å². The molecule has 0 aliphatic heterocycles. The molecule has 6 heteroatoms. The predicted molar refractivity (Wildman–Crippen MR) is 52.7 cm³/mol. The number of aliphatic carboxylic acids is 1. The van der Waals surface area contributed by atoms with Gasteiger partial charge >= 0.3 is 12.1 Å². The number of carbonyl (C=O) groups is 2. The van der Waals surface area contributed by atoms with Crippen LogP contribution in [0, 0.1) is 0 Å². The molecule has 1 amide bonds. The van der Waals surface area contributed by atoms with Crippen LogP contribution in [0.3, 0.4) is 0 Å². The molecule has 0 bridgehead atoms. The Hall–Kier alpha value is -1.30. The van der Waals surface area contributed by atoms with Gasteiger partial charge in [0.05, 0.1) is 7.98 Å². The Morgan fingerprint density at radius 1 is 1.53 bits per heavy atom. The molecule has 0 aromatic carbocycles. The first-order valence-corrected chi connectivity index (χ1v) is 4.35. The van der Waals surface area contributed by atoms with Gasteiger partial charge in [0.2, 0.25) is 0 Å². The lowest BCUT2D eigenvalue weighted by Crippen LogP contribution is -2.45. The van der Waals surface area contributed by atoms with Gasteiger partial charge in [-0.15, -0.1) is 0 Å². The summed E-state index contributed by atoms with van der Waals surface area (Å²) in [6.07, 6.45) is -0.825. The number of alkyl carbamates (subject to hydrolysis) is 1. The first-order valence-electron chi connectivity index (χ1n) is 5.06. The molecule has 0 saturated carbocycles. The Balaban J connectivity index is 4.19. The van der Waals surface area contributed by atoms with E-state index in [-0.39, 0.29) is 13.7 Å². The molecular weight excluding hydrogens is 202 g/mol. The Morgan fingerprint density at radius 2 is 2.13 bits per heavy atom. The van der Waals surface area contributed by atoms with E-state index in [4.69, 9.17) is 11.2 Å². The quantitative estimate of drug-likeness (QED) is 0.725. The molecule has 0 aromatic rings. The van der Waals surface area contributed by atoms with Crippen LogP contribution in [-0.4, -0.2) is 42.5 Å². The monoisotopic (exact) mass is 220 g/mol. The van der Waals surface area contributed by atoms with Crippen molar-refractivity contribution in [3.63, 3.8) is 0 Å². The van der Waals surface area contributed by atoms with Gasteiger partial charge in [0.25, 0.3) is 0 Å². The molecule has 0 saturated heterocycles.